The molecule has 27 heavy (non-hydrogen) atoms. The van der Waals surface area contributed by atoms with E-state index in [0.717, 1.165) is 34.9 Å². The molecule has 1 saturated heterocycles. The van der Waals surface area contributed by atoms with Gasteiger partial charge in [0.15, 0.2) is 0 Å². The van der Waals surface area contributed by atoms with Crippen LogP contribution in [-0.2, 0) is 19.6 Å². The van der Waals surface area contributed by atoms with Crippen LogP contribution in [0.2, 0.25) is 5.02 Å². The second-order valence-corrected chi connectivity index (χ2v) is 10.2. The molecule has 2 heterocycles. The van der Waals surface area contributed by atoms with Crippen molar-refractivity contribution in [3.63, 3.8) is 0 Å². The highest BCUT2D eigenvalue weighted by Crippen LogP contribution is 2.38. The standard InChI is InChI=1S/C18H22ClNO5S2/c1-12-15-10-13(19)5-6-16(15)26-18(12)27(23,24)20-8-3-2-4-14(20)7-9-25-11-17(21)22/h5-6,10,14H,2-4,7-9,11H2,1H3,(H,21,22)/t14-/m0/s1. The maximum Gasteiger partial charge on any atom is 0.329 e. The number of carbonyl (C=O) groups is 1. The summed E-state index contributed by atoms with van der Waals surface area (Å²) >= 11 is 7.34. The number of aryl methyl sites for hydroxylation is 1. The lowest BCUT2D eigenvalue weighted by molar-refractivity contribution is -0.142. The van der Waals surface area contributed by atoms with Crippen LogP contribution < -0.4 is 0 Å². The number of aliphatic carboxylic acids is 1. The summed E-state index contributed by atoms with van der Waals surface area (Å²) in [6, 6.07) is 5.24. The van der Waals surface area contributed by atoms with Crippen LogP contribution in [0.5, 0.6) is 0 Å². The minimum Gasteiger partial charge on any atom is -0.480 e. The molecule has 1 aliphatic rings. The number of piperidine rings is 1. The fourth-order valence-electron chi connectivity index (χ4n) is 3.48. The Morgan fingerprint density at radius 1 is 1.41 bits per heavy atom. The van der Waals surface area contributed by atoms with Crippen molar-refractivity contribution in [2.45, 2.75) is 42.9 Å². The van der Waals surface area contributed by atoms with Gasteiger partial charge in [0.1, 0.15) is 10.8 Å². The van der Waals surface area contributed by atoms with Crippen LogP contribution >= 0.6 is 22.9 Å². The fraction of sp³-hybridized carbons (Fsp3) is 0.500. The SMILES string of the molecule is Cc1c(S(=O)(=O)N2CCCC[C@H]2CCOCC(=O)O)sc2ccc(Cl)cc12. The van der Waals surface area contributed by atoms with Gasteiger partial charge in [0.25, 0.3) is 10.0 Å². The molecule has 0 saturated carbocycles. The van der Waals surface area contributed by atoms with Crippen LogP contribution in [0.15, 0.2) is 22.4 Å². The predicted molar refractivity (Wildman–Crippen MR) is 106 cm³/mol. The topological polar surface area (TPSA) is 83.9 Å². The lowest BCUT2D eigenvalue weighted by atomic mass is 10.0. The Labute approximate surface area is 167 Å². The monoisotopic (exact) mass is 431 g/mol. The normalized spacial score (nSPS) is 18.8. The van der Waals surface area contributed by atoms with Gasteiger partial charge in [0, 0.05) is 28.9 Å². The van der Waals surface area contributed by atoms with Crippen LogP contribution in [0.4, 0.5) is 0 Å². The van der Waals surface area contributed by atoms with Crippen molar-refractivity contribution in [1.82, 2.24) is 4.31 Å². The van der Waals surface area contributed by atoms with E-state index in [4.69, 9.17) is 21.4 Å². The lowest BCUT2D eigenvalue weighted by Gasteiger charge is -2.34. The number of ether oxygens (including phenoxy) is 1. The molecule has 1 aromatic heterocycles. The van der Waals surface area contributed by atoms with Crippen LogP contribution in [0.25, 0.3) is 10.1 Å². The Kier molecular flexibility index (Phi) is 6.43. The summed E-state index contributed by atoms with van der Waals surface area (Å²) < 4.78 is 34.7. The molecule has 9 heteroatoms. The molecule has 0 aliphatic carbocycles. The zero-order valence-electron chi connectivity index (χ0n) is 15.0. The number of rotatable bonds is 7. The molecule has 0 bridgehead atoms. The molecule has 1 N–H and O–H groups in total. The molecular weight excluding hydrogens is 410 g/mol. The first-order chi connectivity index (χ1) is 12.8. The zero-order valence-corrected chi connectivity index (χ0v) is 17.4. The molecule has 0 spiro atoms. The van der Waals surface area contributed by atoms with Gasteiger partial charge in [-0.1, -0.05) is 18.0 Å². The summed E-state index contributed by atoms with van der Waals surface area (Å²) in [5.41, 5.74) is 0.726. The number of hydrogen-bond acceptors (Lipinski definition) is 5. The van der Waals surface area contributed by atoms with Gasteiger partial charge >= 0.3 is 5.97 Å². The molecule has 3 rings (SSSR count). The van der Waals surface area contributed by atoms with E-state index in [9.17, 15) is 13.2 Å². The quantitative estimate of drug-likeness (QED) is 0.672. The largest absolute Gasteiger partial charge is 0.480 e. The summed E-state index contributed by atoms with van der Waals surface area (Å²) in [4.78, 5) is 10.6. The number of carboxylic acid groups (broad SMARTS) is 1. The second-order valence-electron chi connectivity index (χ2n) is 6.66. The molecule has 1 atom stereocenters. The van der Waals surface area contributed by atoms with Gasteiger partial charge in [-0.05, 0) is 55.3 Å². The Hall–Kier alpha value is -1.19. The Bertz CT molecular complexity index is 941. The summed E-state index contributed by atoms with van der Waals surface area (Å²) in [5.74, 6) is -1.03. The van der Waals surface area contributed by atoms with Crippen molar-refractivity contribution >= 4 is 49.0 Å². The first kappa shape index (κ1) is 20.5. The van der Waals surface area contributed by atoms with Crippen LogP contribution in [0.3, 0.4) is 0 Å². The number of thiophene rings is 1. The minimum absolute atomic E-state index is 0.175. The van der Waals surface area contributed by atoms with Gasteiger partial charge in [-0.25, -0.2) is 13.2 Å². The minimum atomic E-state index is -3.63. The molecular formula is C18H22ClNO5S2. The van der Waals surface area contributed by atoms with Gasteiger partial charge in [0.05, 0.1) is 0 Å². The number of hydrogen-bond donors (Lipinski definition) is 1. The third-order valence-corrected chi connectivity index (χ3v) is 8.85. The highest BCUT2D eigenvalue weighted by Gasteiger charge is 2.35. The molecule has 0 radical (unpaired) electrons. The first-order valence-corrected chi connectivity index (χ1v) is 11.4. The van der Waals surface area contributed by atoms with Crippen LogP contribution in [0, 0.1) is 6.92 Å². The molecule has 6 nitrogen and oxygen atoms in total. The summed E-state index contributed by atoms with van der Waals surface area (Å²) in [6.07, 6.45) is 3.02. The fourth-order valence-corrected chi connectivity index (χ4v) is 7.23. The average molecular weight is 432 g/mol. The van der Waals surface area contributed by atoms with Crippen molar-refractivity contribution in [3.8, 4) is 0 Å². The smallest absolute Gasteiger partial charge is 0.329 e. The van der Waals surface area contributed by atoms with E-state index in [0.29, 0.717) is 22.2 Å². The van der Waals surface area contributed by atoms with E-state index in [1.807, 2.05) is 13.0 Å². The maximum absolute atomic E-state index is 13.4. The van der Waals surface area contributed by atoms with E-state index < -0.39 is 16.0 Å². The number of benzene rings is 1. The maximum atomic E-state index is 13.4. The molecule has 0 unspecified atom stereocenters. The van der Waals surface area contributed by atoms with E-state index in [1.54, 1.807) is 16.4 Å². The highest BCUT2D eigenvalue weighted by molar-refractivity contribution is 7.91. The van der Waals surface area contributed by atoms with Gasteiger partial charge in [0.2, 0.25) is 0 Å². The number of nitrogens with zero attached hydrogens (tertiary/aromatic N) is 1. The Morgan fingerprint density at radius 3 is 2.93 bits per heavy atom. The molecule has 1 fully saturated rings. The van der Waals surface area contributed by atoms with E-state index in [-0.39, 0.29) is 19.3 Å². The molecule has 2 aromatic rings. The third-order valence-electron chi connectivity index (χ3n) is 4.79. The number of fused-ring (bicyclic) bond motifs is 1. The van der Waals surface area contributed by atoms with Gasteiger partial charge in [-0.2, -0.15) is 4.31 Å². The summed E-state index contributed by atoms with van der Waals surface area (Å²) in [6.45, 7) is 2.15. The zero-order chi connectivity index (χ0) is 19.6. The van der Waals surface area contributed by atoms with Crippen LogP contribution in [-0.4, -0.2) is 49.6 Å². The molecule has 148 valence electrons. The lowest BCUT2D eigenvalue weighted by Crippen LogP contribution is -2.44. The van der Waals surface area contributed by atoms with Crippen molar-refractivity contribution < 1.29 is 23.1 Å². The summed E-state index contributed by atoms with van der Waals surface area (Å²) in [7, 11) is -3.63. The van der Waals surface area contributed by atoms with Crippen molar-refractivity contribution in [1.29, 1.82) is 0 Å². The van der Waals surface area contributed by atoms with Gasteiger partial charge in [-0.3, -0.25) is 0 Å². The number of halogens is 1. The highest BCUT2D eigenvalue weighted by atomic mass is 35.5. The number of carboxylic acids is 1. The average Bonchev–Trinajstić information content (AvgIpc) is 2.96. The van der Waals surface area contributed by atoms with E-state index in [2.05, 4.69) is 0 Å². The Balaban J connectivity index is 1.85. The van der Waals surface area contributed by atoms with E-state index in [1.165, 1.54) is 11.3 Å². The van der Waals surface area contributed by atoms with Crippen molar-refractivity contribution in [2.24, 2.45) is 0 Å². The molecule has 1 aromatic carbocycles. The van der Waals surface area contributed by atoms with Gasteiger partial charge in [-0.15, -0.1) is 11.3 Å². The second kappa shape index (κ2) is 8.45. The van der Waals surface area contributed by atoms with Gasteiger partial charge < -0.3 is 9.84 Å². The van der Waals surface area contributed by atoms with E-state index >= 15 is 0 Å². The summed E-state index contributed by atoms with van der Waals surface area (Å²) in [5, 5.41) is 10.1. The first-order valence-electron chi connectivity index (χ1n) is 8.80. The molecule has 1 aliphatic heterocycles. The van der Waals surface area contributed by atoms with Crippen molar-refractivity contribution in [3.05, 3.63) is 28.8 Å². The molecule has 0 amide bonds. The Morgan fingerprint density at radius 2 is 2.19 bits per heavy atom. The van der Waals surface area contributed by atoms with Crippen LogP contribution in [0.1, 0.15) is 31.2 Å². The van der Waals surface area contributed by atoms with Crippen molar-refractivity contribution in [2.75, 3.05) is 19.8 Å². The predicted octanol–water partition coefficient (Wildman–Crippen LogP) is 3.90. The number of sulfonamides is 1. The third kappa shape index (κ3) is 4.46.